The van der Waals surface area contributed by atoms with Gasteiger partial charge in [0, 0.05) is 39.3 Å². The summed E-state index contributed by atoms with van der Waals surface area (Å²) >= 11 is 0. The smallest absolute Gasteiger partial charge is 0.213 e. The first-order valence-electron chi connectivity index (χ1n) is 9.00. The van der Waals surface area contributed by atoms with Crippen molar-refractivity contribution >= 4 is 40.0 Å². The molecule has 9 heteroatoms. The summed E-state index contributed by atoms with van der Waals surface area (Å²) in [5.41, 5.74) is 1.94. The Labute approximate surface area is 190 Å². The molecule has 2 rings (SSSR count). The minimum Gasteiger partial charge on any atom is -0.496 e. The van der Waals surface area contributed by atoms with Gasteiger partial charge in [0.05, 0.1) is 12.9 Å². The lowest BCUT2D eigenvalue weighted by molar-refractivity contribution is 0.396. The molecule has 2 aromatic carbocycles. The first kappa shape index (κ1) is 25.2. The Morgan fingerprint density at radius 2 is 1.76 bits per heavy atom. The molecule has 2 N–H and O–H groups in total. The summed E-state index contributed by atoms with van der Waals surface area (Å²) < 4.78 is 32.4. The number of sulfonamides is 1. The molecule has 0 unspecified atom stereocenters. The van der Waals surface area contributed by atoms with Crippen LogP contribution >= 0.6 is 24.0 Å². The summed E-state index contributed by atoms with van der Waals surface area (Å²) in [5.74, 6) is 1.38. The highest BCUT2D eigenvalue weighted by molar-refractivity contribution is 14.0. The van der Waals surface area contributed by atoms with Crippen LogP contribution < -0.4 is 14.8 Å². The second-order valence-corrected chi connectivity index (χ2v) is 8.19. The summed E-state index contributed by atoms with van der Waals surface area (Å²) in [6.45, 7) is 1.13. The predicted octanol–water partition coefficient (Wildman–Crippen LogP) is 2.44. The summed E-state index contributed by atoms with van der Waals surface area (Å²) in [6.07, 6.45) is 0. The van der Waals surface area contributed by atoms with Crippen molar-refractivity contribution in [3.8, 4) is 5.75 Å². The Bertz CT molecular complexity index is 876. The van der Waals surface area contributed by atoms with Crippen LogP contribution in [0.2, 0.25) is 0 Å². The van der Waals surface area contributed by atoms with Crippen molar-refractivity contribution in [3.05, 3.63) is 65.7 Å². The van der Waals surface area contributed by atoms with Crippen LogP contribution in [0.4, 0.5) is 0 Å². The Morgan fingerprint density at radius 1 is 1.10 bits per heavy atom. The molecule has 7 nitrogen and oxygen atoms in total. The lowest BCUT2D eigenvalue weighted by Crippen LogP contribution is -2.41. The molecule has 0 heterocycles. The first-order chi connectivity index (χ1) is 13.4. The van der Waals surface area contributed by atoms with E-state index in [1.807, 2.05) is 66.5 Å². The maximum Gasteiger partial charge on any atom is 0.213 e. The van der Waals surface area contributed by atoms with Gasteiger partial charge in [-0.2, -0.15) is 0 Å². The zero-order valence-corrected chi connectivity index (χ0v) is 20.1. The quantitative estimate of drug-likeness (QED) is 0.295. The highest BCUT2D eigenvalue weighted by Crippen LogP contribution is 2.18. The van der Waals surface area contributed by atoms with Gasteiger partial charge in [-0.3, -0.25) is 4.99 Å². The maximum atomic E-state index is 12.2. The van der Waals surface area contributed by atoms with E-state index in [4.69, 9.17) is 4.74 Å². The van der Waals surface area contributed by atoms with E-state index in [1.54, 1.807) is 14.2 Å². The summed E-state index contributed by atoms with van der Waals surface area (Å²) in [5, 5.41) is 3.10. The van der Waals surface area contributed by atoms with E-state index in [0.717, 1.165) is 16.9 Å². The van der Waals surface area contributed by atoms with Crippen LogP contribution in [0.5, 0.6) is 5.75 Å². The molecule has 0 saturated heterocycles. The van der Waals surface area contributed by atoms with Crippen molar-refractivity contribution in [1.29, 1.82) is 0 Å². The lowest BCUT2D eigenvalue weighted by atomic mass is 10.2. The van der Waals surface area contributed by atoms with Crippen molar-refractivity contribution in [3.63, 3.8) is 0 Å². The maximum absolute atomic E-state index is 12.2. The number of para-hydroxylation sites is 1. The number of benzene rings is 2. The monoisotopic (exact) mass is 532 g/mol. The van der Waals surface area contributed by atoms with Gasteiger partial charge in [-0.05, 0) is 11.6 Å². The SMILES string of the molecule is CN=C(NCCS(=O)(=O)NCc1ccccc1)N(C)Cc1ccccc1OC.I. The highest BCUT2D eigenvalue weighted by Gasteiger charge is 2.13. The lowest BCUT2D eigenvalue weighted by Gasteiger charge is -2.23. The average Bonchev–Trinajstić information content (AvgIpc) is 2.71. The molecule has 0 saturated carbocycles. The Morgan fingerprint density at radius 3 is 2.41 bits per heavy atom. The number of halogens is 1. The molecule has 0 aromatic heterocycles. The fraction of sp³-hybridized carbons (Fsp3) is 0.350. The zero-order chi connectivity index (χ0) is 20.4. The third-order valence-electron chi connectivity index (χ3n) is 4.17. The molecule has 0 aliphatic heterocycles. The van der Waals surface area contributed by atoms with Crippen LogP contribution in [0.1, 0.15) is 11.1 Å². The second-order valence-electron chi connectivity index (χ2n) is 6.27. The van der Waals surface area contributed by atoms with Crippen molar-refractivity contribution in [2.45, 2.75) is 13.1 Å². The minimum atomic E-state index is -3.38. The third kappa shape index (κ3) is 8.58. The van der Waals surface area contributed by atoms with Gasteiger partial charge in [0.15, 0.2) is 5.96 Å². The fourth-order valence-electron chi connectivity index (χ4n) is 2.71. The average molecular weight is 532 g/mol. The van der Waals surface area contributed by atoms with Gasteiger partial charge < -0.3 is 15.0 Å². The standard InChI is InChI=1S/C20H28N4O3S.HI/c1-21-20(24(2)16-18-11-7-8-12-19(18)27-3)22-13-14-28(25,26)23-15-17-9-5-4-6-10-17;/h4-12,23H,13-16H2,1-3H3,(H,21,22);1H. The van der Waals surface area contributed by atoms with E-state index < -0.39 is 10.0 Å². The van der Waals surface area contributed by atoms with E-state index in [9.17, 15) is 8.42 Å². The normalized spacial score (nSPS) is 11.5. The number of nitrogens with zero attached hydrogens (tertiary/aromatic N) is 2. The molecule has 0 fully saturated rings. The summed E-state index contributed by atoms with van der Waals surface area (Å²) in [4.78, 5) is 6.15. The first-order valence-corrected chi connectivity index (χ1v) is 10.7. The second kappa shape index (κ2) is 12.7. The molecular formula is C20H29IN4O3S. The van der Waals surface area contributed by atoms with Gasteiger partial charge in [0.1, 0.15) is 5.75 Å². The molecule has 0 atom stereocenters. The van der Waals surface area contributed by atoms with Gasteiger partial charge in [-0.25, -0.2) is 13.1 Å². The predicted molar refractivity (Wildman–Crippen MR) is 128 cm³/mol. The molecule has 160 valence electrons. The number of guanidine groups is 1. The van der Waals surface area contributed by atoms with Crippen molar-refractivity contribution in [2.24, 2.45) is 4.99 Å². The molecule has 0 spiro atoms. The number of aliphatic imine (C=N–C) groups is 1. The van der Waals surface area contributed by atoms with E-state index in [0.29, 0.717) is 12.5 Å². The number of nitrogens with one attached hydrogen (secondary N) is 2. The van der Waals surface area contributed by atoms with Crippen molar-refractivity contribution in [2.75, 3.05) is 33.5 Å². The Hall–Kier alpha value is -1.85. The van der Waals surface area contributed by atoms with Crippen molar-refractivity contribution < 1.29 is 13.2 Å². The molecular weight excluding hydrogens is 503 g/mol. The number of rotatable bonds is 9. The van der Waals surface area contributed by atoms with Crippen LogP contribution in [0, 0.1) is 0 Å². The Balaban J connectivity index is 0.00000420. The van der Waals surface area contributed by atoms with Gasteiger partial charge in [-0.1, -0.05) is 48.5 Å². The van der Waals surface area contributed by atoms with Crippen LogP contribution in [0.25, 0.3) is 0 Å². The molecule has 2 aromatic rings. The highest BCUT2D eigenvalue weighted by atomic mass is 127. The van der Waals surface area contributed by atoms with Crippen LogP contribution in [-0.2, 0) is 23.1 Å². The zero-order valence-electron chi connectivity index (χ0n) is 17.0. The number of methoxy groups -OCH3 is 1. The number of hydrogen-bond acceptors (Lipinski definition) is 4. The van der Waals surface area contributed by atoms with Crippen molar-refractivity contribution in [1.82, 2.24) is 14.9 Å². The van der Waals surface area contributed by atoms with Gasteiger partial charge in [0.25, 0.3) is 0 Å². The fourth-order valence-corrected chi connectivity index (χ4v) is 3.61. The number of ether oxygens (including phenoxy) is 1. The van der Waals surface area contributed by atoms with Crippen LogP contribution in [0.3, 0.4) is 0 Å². The summed E-state index contributed by atoms with van der Waals surface area (Å²) in [7, 11) is 1.82. The van der Waals surface area contributed by atoms with E-state index in [2.05, 4.69) is 15.0 Å². The van der Waals surface area contributed by atoms with Gasteiger partial charge in [0.2, 0.25) is 10.0 Å². The molecule has 0 bridgehead atoms. The topological polar surface area (TPSA) is 83.0 Å². The molecule has 0 amide bonds. The Kier molecular flexibility index (Phi) is 11.0. The van der Waals surface area contributed by atoms with Crippen LogP contribution in [0.15, 0.2) is 59.6 Å². The van der Waals surface area contributed by atoms with E-state index in [-0.39, 0.29) is 42.8 Å². The van der Waals surface area contributed by atoms with E-state index >= 15 is 0 Å². The number of hydrogen-bond donors (Lipinski definition) is 2. The molecule has 0 aliphatic carbocycles. The van der Waals surface area contributed by atoms with Crippen LogP contribution in [-0.4, -0.2) is 52.8 Å². The largest absolute Gasteiger partial charge is 0.496 e. The van der Waals surface area contributed by atoms with Gasteiger partial charge in [-0.15, -0.1) is 24.0 Å². The third-order valence-corrected chi connectivity index (χ3v) is 5.49. The molecule has 0 aliphatic rings. The molecule has 0 radical (unpaired) electrons. The van der Waals surface area contributed by atoms with E-state index in [1.165, 1.54) is 0 Å². The van der Waals surface area contributed by atoms with Gasteiger partial charge >= 0.3 is 0 Å². The minimum absolute atomic E-state index is 0. The molecule has 29 heavy (non-hydrogen) atoms. The summed E-state index contributed by atoms with van der Waals surface area (Å²) in [6, 6.07) is 17.2.